The first-order valence-corrected chi connectivity index (χ1v) is 11.9. The number of anilines is 1. The van der Waals surface area contributed by atoms with E-state index in [4.69, 9.17) is 10.7 Å². The van der Waals surface area contributed by atoms with E-state index in [1.807, 2.05) is 68.4 Å². The normalized spacial score (nSPS) is 24.2. The summed E-state index contributed by atoms with van der Waals surface area (Å²) in [4.78, 5) is 46.0. The van der Waals surface area contributed by atoms with Crippen LogP contribution in [0.25, 0.3) is 0 Å². The molecule has 3 unspecified atom stereocenters. The molecule has 3 amide bonds. The van der Waals surface area contributed by atoms with E-state index in [0.717, 1.165) is 11.1 Å². The van der Waals surface area contributed by atoms with Crippen molar-refractivity contribution >= 4 is 29.1 Å². The molecule has 3 N–H and O–H groups in total. The number of nitrogens with zero attached hydrogens (tertiary/aromatic N) is 2. The fourth-order valence-corrected chi connectivity index (χ4v) is 5.40. The number of aliphatic imine (C=N–C) groups is 1. The second kappa shape index (κ2) is 9.49. The molecular formula is C28H32N4O3. The fraction of sp³-hybridized carbons (Fsp3) is 0.357. The zero-order valence-electron chi connectivity index (χ0n) is 20.4. The van der Waals surface area contributed by atoms with E-state index in [9.17, 15) is 14.4 Å². The van der Waals surface area contributed by atoms with Crippen molar-refractivity contribution in [3.63, 3.8) is 0 Å². The molecule has 0 bridgehead atoms. The van der Waals surface area contributed by atoms with Gasteiger partial charge in [-0.15, -0.1) is 6.58 Å². The van der Waals surface area contributed by atoms with E-state index < -0.39 is 23.4 Å². The fourth-order valence-electron chi connectivity index (χ4n) is 5.40. The average molecular weight is 473 g/mol. The Morgan fingerprint density at radius 1 is 1.20 bits per heavy atom. The van der Waals surface area contributed by atoms with E-state index in [0.29, 0.717) is 24.2 Å². The molecule has 1 heterocycles. The molecule has 2 aromatic carbocycles. The van der Waals surface area contributed by atoms with E-state index in [2.05, 4.69) is 11.9 Å². The molecule has 4 rings (SSSR count). The highest BCUT2D eigenvalue weighted by Crippen LogP contribution is 2.62. The maximum Gasteiger partial charge on any atom is 0.272 e. The van der Waals surface area contributed by atoms with Crippen molar-refractivity contribution in [1.29, 1.82) is 0 Å². The molecule has 1 fully saturated rings. The monoisotopic (exact) mass is 472 g/mol. The van der Waals surface area contributed by atoms with Crippen LogP contribution in [0.2, 0.25) is 0 Å². The standard InChI is InChI=1S/C28H32N4O3/c1-5-11-20(24(29)33)28(16-21(28)17(2)3)27(35)31-25-26(34)32(4)22-15-10-9-14-19(22)23(30-25)18-12-7-6-8-13-18/h5-10,12-15,17,20-21,25H,1,11,16H2,2-4H3,(H2,29,33)(H,31,35)/t20-,21?,25?,28?/m1/s1. The summed E-state index contributed by atoms with van der Waals surface area (Å²) in [6.07, 6.45) is 1.31. The number of rotatable bonds is 8. The van der Waals surface area contributed by atoms with E-state index in [1.54, 1.807) is 13.1 Å². The highest BCUT2D eigenvalue weighted by atomic mass is 16.2. The summed E-state index contributed by atoms with van der Waals surface area (Å²) in [6, 6.07) is 17.1. The number of benzene rings is 2. The summed E-state index contributed by atoms with van der Waals surface area (Å²) in [5.74, 6) is -1.79. The molecule has 7 nitrogen and oxygen atoms in total. The van der Waals surface area contributed by atoms with Gasteiger partial charge in [0.05, 0.1) is 22.7 Å². The summed E-state index contributed by atoms with van der Waals surface area (Å²) >= 11 is 0. The molecule has 35 heavy (non-hydrogen) atoms. The van der Waals surface area contributed by atoms with E-state index in [1.165, 1.54) is 4.90 Å². The SMILES string of the molecule is C=CC[C@H](C(N)=O)C1(C(=O)NC2N=C(c3ccccc3)c3ccccc3N(C)C2=O)CC1C(C)C. The van der Waals surface area contributed by atoms with Gasteiger partial charge in [-0.3, -0.25) is 14.4 Å². The lowest BCUT2D eigenvalue weighted by atomic mass is 9.80. The van der Waals surface area contributed by atoms with Gasteiger partial charge in [0, 0.05) is 18.2 Å². The minimum atomic E-state index is -1.14. The molecule has 4 atom stereocenters. The first kappa shape index (κ1) is 24.4. The quantitative estimate of drug-likeness (QED) is 0.576. The van der Waals surface area contributed by atoms with Gasteiger partial charge in [-0.25, -0.2) is 4.99 Å². The van der Waals surface area contributed by atoms with Crippen LogP contribution in [0.1, 0.15) is 37.8 Å². The molecule has 1 aliphatic carbocycles. The lowest BCUT2D eigenvalue weighted by molar-refractivity contribution is -0.137. The van der Waals surface area contributed by atoms with Crippen LogP contribution < -0.4 is 16.0 Å². The molecule has 1 saturated carbocycles. The topological polar surface area (TPSA) is 105 Å². The second-order valence-corrected chi connectivity index (χ2v) is 9.71. The van der Waals surface area contributed by atoms with Crippen LogP contribution in [0.15, 0.2) is 72.2 Å². The number of carbonyl (C=O) groups excluding carboxylic acids is 3. The predicted molar refractivity (Wildman–Crippen MR) is 137 cm³/mol. The van der Waals surface area contributed by atoms with E-state index >= 15 is 0 Å². The Kier molecular flexibility index (Phi) is 6.61. The van der Waals surface area contributed by atoms with Crippen molar-refractivity contribution in [2.24, 2.45) is 33.9 Å². The lowest BCUT2D eigenvalue weighted by Crippen LogP contribution is -2.51. The van der Waals surface area contributed by atoms with Crippen LogP contribution in [-0.2, 0) is 14.4 Å². The van der Waals surface area contributed by atoms with Gasteiger partial charge in [-0.05, 0) is 30.7 Å². The van der Waals surface area contributed by atoms with Gasteiger partial charge in [-0.1, -0.05) is 68.5 Å². The molecular weight excluding hydrogens is 440 g/mol. The Hall–Kier alpha value is -3.74. The van der Waals surface area contributed by atoms with Crippen molar-refractivity contribution in [3.05, 3.63) is 78.4 Å². The van der Waals surface area contributed by atoms with Crippen molar-refractivity contribution in [1.82, 2.24) is 5.32 Å². The first-order chi connectivity index (χ1) is 16.7. The van der Waals surface area contributed by atoms with E-state index in [-0.39, 0.29) is 23.7 Å². The molecule has 0 saturated heterocycles. The summed E-state index contributed by atoms with van der Waals surface area (Å²) in [7, 11) is 1.68. The van der Waals surface area contributed by atoms with Gasteiger partial charge in [0.1, 0.15) is 0 Å². The van der Waals surface area contributed by atoms with Crippen LogP contribution in [0.4, 0.5) is 5.69 Å². The number of nitrogens with one attached hydrogen (secondary N) is 1. The number of hydrogen-bond acceptors (Lipinski definition) is 4. The summed E-state index contributed by atoms with van der Waals surface area (Å²) < 4.78 is 0. The molecule has 182 valence electrons. The smallest absolute Gasteiger partial charge is 0.272 e. The maximum atomic E-state index is 13.8. The van der Waals surface area contributed by atoms with Gasteiger partial charge >= 0.3 is 0 Å². The Labute approximate surface area is 206 Å². The van der Waals surface area contributed by atoms with Crippen molar-refractivity contribution in [2.75, 3.05) is 11.9 Å². The third kappa shape index (κ3) is 4.27. The largest absolute Gasteiger partial charge is 0.369 e. The third-order valence-electron chi connectivity index (χ3n) is 7.31. The predicted octanol–water partition coefficient (Wildman–Crippen LogP) is 3.28. The van der Waals surface area contributed by atoms with Crippen molar-refractivity contribution in [3.8, 4) is 0 Å². The summed E-state index contributed by atoms with van der Waals surface area (Å²) in [6.45, 7) is 7.80. The number of amides is 3. The van der Waals surface area contributed by atoms with Crippen LogP contribution in [0.5, 0.6) is 0 Å². The number of nitrogens with two attached hydrogens (primary N) is 1. The number of para-hydroxylation sites is 1. The number of likely N-dealkylation sites (N-methyl/N-ethyl adjacent to an activating group) is 1. The molecule has 0 aromatic heterocycles. The zero-order chi connectivity index (χ0) is 25.3. The lowest BCUT2D eigenvalue weighted by Gasteiger charge is -2.28. The number of primary amides is 1. The van der Waals surface area contributed by atoms with Gasteiger partial charge in [0.15, 0.2) is 0 Å². The minimum absolute atomic E-state index is 0.0201. The van der Waals surface area contributed by atoms with Gasteiger partial charge in [0.2, 0.25) is 18.0 Å². The number of benzodiazepines with no additional fused rings is 1. The van der Waals surface area contributed by atoms with Gasteiger partial charge in [-0.2, -0.15) is 0 Å². The van der Waals surface area contributed by atoms with Crippen LogP contribution in [0, 0.1) is 23.2 Å². The molecule has 7 heteroatoms. The summed E-state index contributed by atoms with van der Waals surface area (Å²) in [5, 5.41) is 2.90. The molecule has 2 aromatic rings. The van der Waals surface area contributed by atoms with Crippen molar-refractivity contribution < 1.29 is 14.4 Å². The number of hydrogen-bond donors (Lipinski definition) is 2. The highest BCUT2D eigenvalue weighted by molar-refractivity contribution is 6.20. The summed E-state index contributed by atoms with van der Waals surface area (Å²) in [5.41, 5.74) is 7.73. The first-order valence-electron chi connectivity index (χ1n) is 11.9. The van der Waals surface area contributed by atoms with Crippen LogP contribution in [-0.4, -0.2) is 36.6 Å². The minimum Gasteiger partial charge on any atom is -0.369 e. The highest BCUT2D eigenvalue weighted by Gasteiger charge is 2.66. The molecule has 1 aliphatic heterocycles. The van der Waals surface area contributed by atoms with Crippen molar-refractivity contribution in [2.45, 2.75) is 32.9 Å². The number of fused-ring (bicyclic) bond motifs is 1. The number of carbonyl (C=O) groups is 3. The zero-order valence-corrected chi connectivity index (χ0v) is 20.4. The maximum absolute atomic E-state index is 13.8. The molecule has 0 radical (unpaired) electrons. The van der Waals surface area contributed by atoms with Crippen LogP contribution in [0.3, 0.4) is 0 Å². The third-order valence-corrected chi connectivity index (χ3v) is 7.31. The Morgan fingerprint density at radius 3 is 2.46 bits per heavy atom. The number of allylic oxidation sites excluding steroid dienone is 1. The van der Waals surface area contributed by atoms with Crippen LogP contribution >= 0.6 is 0 Å². The molecule has 2 aliphatic rings. The second-order valence-electron chi connectivity index (χ2n) is 9.71. The van der Waals surface area contributed by atoms with Gasteiger partial charge in [0.25, 0.3) is 5.91 Å². The Morgan fingerprint density at radius 2 is 1.86 bits per heavy atom. The Balaban J connectivity index is 1.76. The Bertz CT molecular complexity index is 1190. The van der Waals surface area contributed by atoms with Gasteiger partial charge < -0.3 is 16.0 Å². The molecule has 0 spiro atoms. The average Bonchev–Trinajstić information content (AvgIpc) is 3.62.